The fraction of sp³-hybridized carbons (Fsp3) is 0.981. The van der Waals surface area contributed by atoms with E-state index in [0.29, 0.717) is 32.1 Å². The van der Waals surface area contributed by atoms with Gasteiger partial charge in [0.25, 0.3) is 0 Å². The lowest BCUT2D eigenvalue weighted by Crippen LogP contribution is -2.68. The second kappa shape index (κ2) is 34.8. The highest BCUT2D eigenvalue weighted by molar-refractivity contribution is 5.68. The number of methoxy groups -OCH3 is 1. The molecule has 0 spiro atoms. The van der Waals surface area contributed by atoms with Gasteiger partial charge in [-0.2, -0.15) is 0 Å². The number of aliphatic hydroxyl groups is 22. The molecule has 526 valence electrons. The minimum atomic E-state index is -2.27. The zero-order valence-corrected chi connectivity index (χ0v) is 48.7. The third-order valence-electron chi connectivity index (χ3n) is 16.8. The number of hydrogen-bond donors (Lipinski definition) is 22. The Hall–Kier alpha value is -1.97. The summed E-state index contributed by atoms with van der Waals surface area (Å²) in [5.74, 6) is -0.351. The maximum atomic E-state index is 12.1. The number of esters is 1. The van der Waals surface area contributed by atoms with Gasteiger partial charge in [0.05, 0.1) is 53.4 Å². The molecule has 0 aromatic heterocycles. The predicted octanol–water partition coefficient (Wildman–Crippen LogP) is -13.3. The van der Waals surface area contributed by atoms with Crippen LogP contribution in [0.3, 0.4) is 0 Å². The Labute approximate surface area is 513 Å². The smallest absolute Gasteiger partial charge is 0.305 e. The van der Waals surface area contributed by atoms with Gasteiger partial charge in [0, 0.05) is 13.0 Å². The van der Waals surface area contributed by atoms with E-state index in [9.17, 15) is 117 Å². The highest BCUT2D eigenvalue weighted by atomic mass is 16.8. The SMILES string of the molecule is COC(=O)CCCCCCCCO[C@@H]1O[C@H](CO[C@H]2O[C@H](CO)[C@@H](O)[C@H](O[C@H]3O[C@H](CO)[C@@H](O)[C@H](O)[C@@H]3O)[C@@H]2O)[C@@H](O)[C@H](O[C@H]2O[C@H](CO)[C@@H](O)[C@H](O)[C@@H]2O[C@H]2O[C@H](CO)[C@@H](O)[C@H](O)[C@@H]2O[C@H]2O[C@H](CO)[C@@H](O)[C@H](O[C@H]3O[C@H](CO)[C@@H](O)[C@H](O)[C@H]3O)[C@@H]2O)[C@@H]1O. The molecule has 7 aliphatic rings. The molecule has 0 aromatic rings. The molecule has 7 aliphatic heterocycles. The van der Waals surface area contributed by atoms with E-state index in [2.05, 4.69) is 4.74 Å². The zero-order valence-electron chi connectivity index (χ0n) is 48.7. The maximum absolute atomic E-state index is 12.1. The Morgan fingerprint density at radius 3 is 1.00 bits per heavy atom. The molecule has 7 fully saturated rings. The van der Waals surface area contributed by atoms with Gasteiger partial charge in [0.1, 0.15) is 171 Å². The average molecular weight is 1320 g/mol. The molecular formula is C52H90O38. The number of rotatable bonds is 29. The van der Waals surface area contributed by atoms with Crippen LogP contribution in [0.15, 0.2) is 0 Å². The number of unbranched alkanes of at least 4 members (excludes halogenated alkanes) is 5. The standard InChI is InChI=1S/C52H90O38/c1-76-24(59)8-6-4-2-3-5-7-9-77-46-38(73)43(31(66)23(85-46)16-78-47-39(74)41(29(64)21(14-57)79-47)86-48-36(71)32(67)25(60)17(10-53)80-48)88-51-45(35(70)28(63)19(12-55)83-51)90-52-44(34(69)27(62)20(13-56)84-52)89-50-40(75)42(30(65)22(15-58)82-50)87-49-37(72)33(68)26(61)18(11-54)81-49/h17-23,25-58,60-75H,2-16H2,1H3/t17-,18-,19-,20-,21-,22-,23-,25-,26-,27-,28-,29-,30-,31-,32+,33+,34+,35+,36+,37-,38+,39+,40+,41+,42+,43+,44+,45+,46-,47+,48-,49-,50-,51-,52-/m1/s1. The largest absolute Gasteiger partial charge is 0.469 e. The van der Waals surface area contributed by atoms with E-state index in [1.807, 2.05) is 0 Å². The molecule has 0 radical (unpaired) electrons. The third-order valence-corrected chi connectivity index (χ3v) is 16.8. The third kappa shape index (κ3) is 17.4. The van der Waals surface area contributed by atoms with E-state index in [4.69, 9.17) is 66.3 Å². The van der Waals surface area contributed by atoms with Gasteiger partial charge in [0.2, 0.25) is 0 Å². The quantitative estimate of drug-likeness (QED) is 0.0244. The lowest BCUT2D eigenvalue weighted by Gasteiger charge is -2.50. The van der Waals surface area contributed by atoms with Crippen LogP contribution in [0.5, 0.6) is 0 Å². The van der Waals surface area contributed by atoms with Crippen LogP contribution in [0.1, 0.15) is 44.9 Å². The second-order valence-corrected chi connectivity index (χ2v) is 22.9. The Kier molecular flexibility index (Phi) is 29.2. The zero-order chi connectivity index (χ0) is 66.0. The summed E-state index contributed by atoms with van der Waals surface area (Å²) in [6.45, 7) is -6.89. The maximum Gasteiger partial charge on any atom is 0.305 e. The molecule has 0 aliphatic carbocycles. The van der Waals surface area contributed by atoms with Gasteiger partial charge in [0.15, 0.2) is 44.0 Å². The van der Waals surface area contributed by atoms with Gasteiger partial charge >= 0.3 is 5.97 Å². The first-order valence-corrected chi connectivity index (χ1v) is 29.6. The minimum absolute atomic E-state index is 0.125. The second-order valence-electron chi connectivity index (χ2n) is 22.9. The van der Waals surface area contributed by atoms with Crippen molar-refractivity contribution in [3.63, 3.8) is 0 Å². The molecule has 7 heterocycles. The van der Waals surface area contributed by atoms with Crippen LogP contribution < -0.4 is 0 Å². The molecule has 35 atom stereocenters. The summed E-state index contributed by atoms with van der Waals surface area (Å²) in [5.41, 5.74) is 0. The number of carbonyl (C=O) groups is 1. The van der Waals surface area contributed by atoms with Crippen molar-refractivity contribution >= 4 is 5.97 Å². The van der Waals surface area contributed by atoms with E-state index < -0.39 is 261 Å². The summed E-state index contributed by atoms with van der Waals surface area (Å²) < 4.78 is 85.6. The number of hydrogen-bond acceptors (Lipinski definition) is 38. The summed E-state index contributed by atoms with van der Waals surface area (Å²) in [6.07, 6.45) is -65.3. The van der Waals surface area contributed by atoms with E-state index in [1.54, 1.807) is 0 Å². The molecule has 90 heavy (non-hydrogen) atoms. The summed E-state index contributed by atoms with van der Waals surface area (Å²) in [5, 5.41) is 238. The lowest BCUT2D eigenvalue weighted by molar-refractivity contribution is -0.408. The van der Waals surface area contributed by atoms with Gasteiger partial charge in [-0.1, -0.05) is 25.7 Å². The molecule has 0 unspecified atom stereocenters. The van der Waals surface area contributed by atoms with Crippen molar-refractivity contribution in [1.82, 2.24) is 0 Å². The summed E-state index contributed by atoms with van der Waals surface area (Å²) in [7, 11) is 1.28. The van der Waals surface area contributed by atoms with Crippen molar-refractivity contribution in [2.45, 2.75) is 260 Å². The van der Waals surface area contributed by atoms with Crippen LogP contribution >= 0.6 is 0 Å². The number of aliphatic hydroxyl groups excluding tert-OH is 22. The van der Waals surface area contributed by atoms with Crippen LogP contribution in [-0.4, -0.2) is 393 Å². The fourth-order valence-electron chi connectivity index (χ4n) is 11.3. The minimum Gasteiger partial charge on any atom is -0.469 e. The Morgan fingerprint density at radius 2 is 0.578 bits per heavy atom. The number of carbonyl (C=O) groups excluding carboxylic acids is 1. The first-order chi connectivity index (χ1) is 42.9. The lowest BCUT2D eigenvalue weighted by atomic mass is 9.95. The van der Waals surface area contributed by atoms with Crippen molar-refractivity contribution in [1.29, 1.82) is 0 Å². The van der Waals surface area contributed by atoms with Crippen LogP contribution in [0.2, 0.25) is 0 Å². The van der Waals surface area contributed by atoms with Crippen LogP contribution in [0, 0.1) is 0 Å². The van der Waals surface area contributed by atoms with Crippen molar-refractivity contribution < 1.29 is 188 Å². The van der Waals surface area contributed by atoms with Crippen LogP contribution in [-0.2, 0) is 75.8 Å². The molecule has 0 saturated carbocycles. The average Bonchev–Trinajstić information content (AvgIpc) is 0.925. The van der Waals surface area contributed by atoms with Crippen molar-refractivity contribution in [3.8, 4) is 0 Å². The highest BCUT2D eigenvalue weighted by Crippen LogP contribution is 2.38. The van der Waals surface area contributed by atoms with Gasteiger partial charge in [-0.15, -0.1) is 0 Å². The predicted molar refractivity (Wildman–Crippen MR) is 280 cm³/mol. The van der Waals surface area contributed by atoms with E-state index in [-0.39, 0.29) is 19.0 Å². The molecular weight excluding hydrogens is 1230 g/mol. The molecule has 38 heteroatoms. The molecule has 38 nitrogen and oxygen atoms in total. The molecule has 0 bridgehead atoms. The van der Waals surface area contributed by atoms with Gasteiger partial charge in [-0.3, -0.25) is 4.79 Å². The molecule has 7 saturated heterocycles. The Bertz CT molecular complexity index is 2090. The van der Waals surface area contributed by atoms with E-state index >= 15 is 0 Å². The van der Waals surface area contributed by atoms with Crippen molar-refractivity contribution in [2.75, 3.05) is 60.0 Å². The van der Waals surface area contributed by atoms with Crippen molar-refractivity contribution in [3.05, 3.63) is 0 Å². The molecule has 0 aromatic carbocycles. The van der Waals surface area contributed by atoms with Crippen LogP contribution in [0.25, 0.3) is 0 Å². The monoisotopic (exact) mass is 1320 g/mol. The number of ether oxygens (including phenoxy) is 15. The fourth-order valence-corrected chi connectivity index (χ4v) is 11.3. The summed E-state index contributed by atoms with van der Waals surface area (Å²) in [6, 6.07) is 0. The van der Waals surface area contributed by atoms with Gasteiger partial charge in [-0.05, 0) is 12.8 Å². The normalized spacial score (nSPS) is 47.9. The Morgan fingerprint density at radius 1 is 0.289 bits per heavy atom. The van der Waals surface area contributed by atoms with Crippen LogP contribution in [0.4, 0.5) is 0 Å². The summed E-state index contributed by atoms with van der Waals surface area (Å²) in [4.78, 5) is 11.5. The van der Waals surface area contributed by atoms with Crippen molar-refractivity contribution in [2.24, 2.45) is 0 Å². The van der Waals surface area contributed by atoms with E-state index in [1.165, 1.54) is 7.11 Å². The molecule has 0 amide bonds. The first-order valence-electron chi connectivity index (χ1n) is 29.6. The molecule has 7 rings (SSSR count). The Balaban J connectivity index is 1.13. The van der Waals surface area contributed by atoms with E-state index in [0.717, 1.165) is 6.42 Å². The molecule has 22 N–H and O–H groups in total. The topological polar surface area (TPSA) is 601 Å². The highest BCUT2D eigenvalue weighted by Gasteiger charge is 2.59. The van der Waals surface area contributed by atoms with Gasteiger partial charge in [-0.25, -0.2) is 0 Å². The summed E-state index contributed by atoms with van der Waals surface area (Å²) >= 11 is 0. The first kappa shape index (κ1) is 75.4. The van der Waals surface area contributed by atoms with Gasteiger partial charge < -0.3 is 183 Å².